The van der Waals surface area contributed by atoms with Gasteiger partial charge < -0.3 is 43.4 Å². The third-order valence-corrected chi connectivity index (χ3v) is 9.86. The van der Waals surface area contributed by atoms with Crippen LogP contribution in [0.5, 0.6) is 0 Å². The van der Waals surface area contributed by atoms with E-state index in [0.717, 1.165) is 12.8 Å². The quantitative estimate of drug-likeness (QED) is 0.205. The van der Waals surface area contributed by atoms with E-state index in [-0.39, 0.29) is 49.1 Å². The van der Waals surface area contributed by atoms with Crippen LogP contribution in [0.1, 0.15) is 85.5 Å². The lowest BCUT2D eigenvalue weighted by Gasteiger charge is -2.45. The molecule has 2 N–H and O–H groups in total. The number of hydrogen-bond donors (Lipinski definition) is 2. The van der Waals surface area contributed by atoms with Crippen molar-refractivity contribution in [3.05, 3.63) is 36.5 Å². The van der Waals surface area contributed by atoms with Gasteiger partial charge >= 0.3 is 11.9 Å². The van der Waals surface area contributed by atoms with Crippen molar-refractivity contribution in [3.63, 3.8) is 0 Å². The number of allylic oxidation sites excluding steroid dienone is 1. The maximum absolute atomic E-state index is 11.5. The van der Waals surface area contributed by atoms with Crippen molar-refractivity contribution < 1.29 is 53.0 Å². The fourth-order valence-corrected chi connectivity index (χ4v) is 7.34. The largest absolute Gasteiger partial charge is 0.466 e. The van der Waals surface area contributed by atoms with Crippen molar-refractivity contribution in [2.45, 2.75) is 139 Å². The van der Waals surface area contributed by atoms with Gasteiger partial charge in [0.25, 0.3) is 0 Å². The zero-order valence-corrected chi connectivity index (χ0v) is 27.0. The molecular formula is C34H50O11. The molecule has 0 radical (unpaired) electrons. The van der Waals surface area contributed by atoms with Crippen LogP contribution in [0.4, 0.5) is 0 Å². The molecule has 4 fully saturated rings. The number of hydrogen-bond acceptors (Lipinski definition) is 11. The van der Waals surface area contributed by atoms with Crippen LogP contribution >= 0.6 is 0 Å². The highest BCUT2D eigenvalue weighted by Gasteiger charge is 2.61. The van der Waals surface area contributed by atoms with Crippen molar-refractivity contribution in [3.8, 4) is 0 Å². The number of carbonyl (C=O) groups excluding carboxylic acids is 2. The molecule has 5 aliphatic rings. The predicted octanol–water partition coefficient (Wildman–Crippen LogP) is 4.00. The molecule has 45 heavy (non-hydrogen) atoms. The smallest absolute Gasteiger partial charge is 0.302 e. The van der Waals surface area contributed by atoms with Gasteiger partial charge in [-0.05, 0) is 37.2 Å². The second-order valence-electron chi connectivity index (χ2n) is 13.5. The minimum absolute atomic E-state index is 0.00984. The summed E-state index contributed by atoms with van der Waals surface area (Å²) in [5, 5.41) is 22.9. The van der Waals surface area contributed by atoms with E-state index in [2.05, 4.69) is 19.6 Å². The van der Waals surface area contributed by atoms with Crippen molar-refractivity contribution in [2.75, 3.05) is 13.2 Å². The van der Waals surface area contributed by atoms with Gasteiger partial charge in [-0.25, -0.2) is 0 Å². The standard InChI is InChI=1S/C34H50O11/c1-21-12-14-33(38,44-30(21)22(2)20-40-25(5)36)31(37)29-19-28-27(41-29)18-23(3)34(43-28)16-15-32(45-34)13-9-11-26(42-32)10-7-6-8-17-39-24(4)35/h7,9-11,21,23,26-31,37-38H,2,6,8,12-20H2,1,3-5H3/b10-7+/t21-,23+,26+,27+,28+,29-,30-,31+,32-,33+,34+/m0/s1. The molecule has 11 heteroatoms. The molecule has 252 valence electrons. The highest BCUT2D eigenvalue weighted by Crippen LogP contribution is 2.53. The molecule has 0 aromatic heterocycles. The SMILES string of the molecule is C=C(COC(C)=O)[C@H]1O[C@@](O)([C@H](O)[C@@H]2C[C@H]3O[C@@]4(CC[C@]5(CC=C[C@@H](/C=C/CCCOC(C)=O)O5)O4)[C@H](C)C[C@H]3O2)CC[C@@H]1C. The Bertz CT molecular complexity index is 1150. The van der Waals surface area contributed by atoms with Crippen LogP contribution in [0, 0.1) is 11.8 Å². The Labute approximate surface area is 265 Å². The third-order valence-electron chi connectivity index (χ3n) is 9.86. The van der Waals surface area contributed by atoms with Crippen molar-refractivity contribution in [2.24, 2.45) is 11.8 Å². The average molecular weight is 635 g/mol. The molecule has 11 atom stereocenters. The van der Waals surface area contributed by atoms with Gasteiger partial charge in [-0.3, -0.25) is 9.59 Å². The Morgan fingerprint density at radius 2 is 1.84 bits per heavy atom. The minimum Gasteiger partial charge on any atom is -0.466 e. The first-order valence-corrected chi connectivity index (χ1v) is 16.4. The highest BCUT2D eigenvalue weighted by molar-refractivity contribution is 5.66. The number of aliphatic hydroxyl groups excluding tert-OH is 1. The fourth-order valence-electron chi connectivity index (χ4n) is 7.34. The van der Waals surface area contributed by atoms with Gasteiger partial charge in [0.2, 0.25) is 0 Å². The first kappa shape index (κ1) is 34.2. The summed E-state index contributed by atoms with van der Waals surface area (Å²) >= 11 is 0. The molecule has 5 heterocycles. The van der Waals surface area contributed by atoms with Gasteiger partial charge in [0, 0.05) is 51.9 Å². The van der Waals surface area contributed by atoms with Gasteiger partial charge in [-0.1, -0.05) is 44.7 Å². The second-order valence-corrected chi connectivity index (χ2v) is 13.5. The van der Waals surface area contributed by atoms with E-state index in [9.17, 15) is 19.8 Å². The number of rotatable bonds is 10. The molecule has 0 bridgehead atoms. The highest BCUT2D eigenvalue weighted by atomic mass is 16.8. The summed E-state index contributed by atoms with van der Waals surface area (Å²) in [4.78, 5) is 22.2. The third kappa shape index (κ3) is 7.72. The van der Waals surface area contributed by atoms with Crippen molar-refractivity contribution >= 4 is 11.9 Å². The summed E-state index contributed by atoms with van der Waals surface area (Å²) in [5.41, 5.74) is 0.534. The number of aliphatic hydroxyl groups is 2. The van der Waals surface area contributed by atoms with Crippen LogP contribution in [0.2, 0.25) is 0 Å². The van der Waals surface area contributed by atoms with E-state index in [0.29, 0.717) is 50.7 Å². The first-order chi connectivity index (χ1) is 21.3. The Morgan fingerprint density at radius 1 is 1.07 bits per heavy atom. The second kappa shape index (κ2) is 13.9. The molecule has 5 aliphatic heterocycles. The van der Waals surface area contributed by atoms with Crippen LogP contribution in [0.25, 0.3) is 0 Å². The molecule has 0 amide bonds. The van der Waals surface area contributed by atoms with Gasteiger partial charge in [0.05, 0.1) is 37.1 Å². The molecule has 0 aromatic carbocycles. The summed E-state index contributed by atoms with van der Waals surface area (Å²) in [5.74, 6) is -4.10. The molecule has 0 saturated carbocycles. The number of carbonyl (C=O) groups is 2. The lowest BCUT2D eigenvalue weighted by molar-refractivity contribution is -0.365. The van der Waals surface area contributed by atoms with E-state index < -0.39 is 41.6 Å². The predicted molar refractivity (Wildman–Crippen MR) is 161 cm³/mol. The molecule has 0 unspecified atom stereocenters. The van der Waals surface area contributed by atoms with Crippen LogP contribution < -0.4 is 0 Å². The summed E-state index contributed by atoms with van der Waals surface area (Å²) in [7, 11) is 0. The van der Waals surface area contributed by atoms with E-state index in [4.69, 9.17) is 33.2 Å². The van der Waals surface area contributed by atoms with Gasteiger partial charge in [-0.2, -0.15) is 0 Å². The normalized spacial score (nSPS) is 41.8. The summed E-state index contributed by atoms with van der Waals surface area (Å²) < 4.78 is 42.4. The number of unbranched alkanes of at least 4 members (excludes halogenated alkanes) is 1. The summed E-state index contributed by atoms with van der Waals surface area (Å²) in [6.45, 7) is 11.2. The van der Waals surface area contributed by atoms with E-state index in [1.165, 1.54) is 13.8 Å². The molecule has 2 spiro atoms. The molecule has 5 rings (SSSR count). The summed E-state index contributed by atoms with van der Waals surface area (Å²) in [6.07, 6.45) is 10.2. The van der Waals surface area contributed by atoms with E-state index in [1.54, 1.807) is 0 Å². The van der Waals surface area contributed by atoms with Crippen molar-refractivity contribution in [1.82, 2.24) is 0 Å². The number of ether oxygens (including phenoxy) is 7. The zero-order valence-electron chi connectivity index (χ0n) is 27.0. The lowest BCUT2D eigenvalue weighted by Crippen LogP contribution is -2.56. The Balaban J connectivity index is 1.17. The maximum Gasteiger partial charge on any atom is 0.302 e. The Kier molecular flexibility index (Phi) is 10.6. The summed E-state index contributed by atoms with van der Waals surface area (Å²) in [6, 6.07) is 0. The fraction of sp³-hybridized carbons (Fsp3) is 0.765. The minimum atomic E-state index is -1.84. The molecular weight excluding hydrogens is 584 g/mol. The van der Waals surface area contributed by atoms with E-state index in [1.807, 2.05) is 25.2 Å². The molecule has 0 aromatic rings. The average Bonchev–Trinajstić information content (AvgIpc) is 3.56. The number of esters is 2. The monoisotopic (exact) mass is 634 g/mol. The van der Waals surface area contributed by atoms with Gasteiger partial charge in [-0.15, -0.1) is 0 Å². The molecule has 11 nitrogen and oxygen atoms in total. The number of fused-ring (bicyclic) bond motifs is 1. The molecule has 4 saturated heterocycles. The topological polar surface area (TPSA) is 139 Å². The maximum atomic E-state index is 11.5. The van der Waals surface area contributed by atoms with Crippen LogP contribution in [0.15, 0.2) is 36.5 Å². The van der Waals surface area contributed by atoms with Gasteiger partial charge in [0.1, 0.15) is 12.7 Å². The van der Waals surface area contributed by atoms with E-state index >= 15 is 0 Å². The van der Waals surface area contributed by atoms with Crippen LogP contribution in [0.3, 0.4) is 0 Å². The first-order valence-electron chi connectivity index (χ1n) is 16.4. The van der Waals surface area contributed by atoms with Crippen LogP contribution in [-0.4, -0.2) is 89.4 Å². The molecule has 0 aliphatic carbocycles. The van der Waals surface area contributed by atoms with Crippen LogP contribution in [-0.2, 0) is 42.7 Å². The van der Waals surface area contributed by atoms with Gasteiger partial charge in [0.15, 0.2) is 17.4 Å². The van der Waals surface area contributed by atoms with Crippen molar-refractivity contribution in [1.29, 1.82) is 0 Å². The lowest BCUT2D eigenvalue weighted by atomic mass is 9.84. The zero-order chi connectivity index (χ0) is 32.4. The Morgan fingerprint density at radius 3 is 2.60 bits per heavy atom. The Hall–Kier alpha value is -2.12.